The van der Waals surface area contributed by atoms with Crippen molar-refractivity contribution in [3.8, 4) is 0 Å². The molecule has 0 radical (unpaired) electrons. The summed E-state index contributed by atoms with van der Waals surface area (Å²) in [5, 5.41) is 7.40. The molecule has 1 aromatic rings. The molecule has 0 aliphatic heterocycles. The van der Waals surface area contributed by atoms with Gasteiger partial charge in [-0.3, -0.25) is 0 Å². The zero-order valence-corrected chi connectivity index (χ0v) is 8.70. The Labute approximate surface area is 84.9 Å². The van der Waals surface area contributed by atoms with Gasteiger partial charge in [-0.1, -0.05) is 12.1 Å². The Hall–Kier alpha value is -0.830. The minimum atomic E-state index is 0.683. The molecule has 1 fully saturated rings. The Morgan fingerprint density at radius 3 is 2.86 bits per heavy atom. The average molecular weight is 194 g/mol. The van der Waals surface area contributed by atoms with Crippen LogP contribution in [0.2, 0.25) is 0 Å². The maximum atomic E-state index is 4.78. The summed E-state index contributed by atoms with van der Waals surface area (Å²) in [6.07, 6.45) is 6.95. The van der Waals surface area contributed by atoms with E-state index in [-0.39, 0.29) is 0 Å². The van der Waals surface area contributed by atoms with Crippen molar-refractivity contribution >= 4 is 0 Å². The van der Waals surface area contributed by atoms with Crippen molar-refractivity contribution in [3.05, 3.63) is 18.0 Å². The van der Waals surface area contributed by atoms with Crippen molar-refractivity contribution < 1.29 is 4.52 Å². The summed E-state index contributed by atoms with van der Waals surface area (Å²) in [7, 11) is 0. The molecule has 0 saturated heterocycles. The van der Waals surface area contributed by atoms with Crippen LogP contribution in [0.1, 0.15) is 38.3 Å². The number of hydrogen-bond donors (Lipinski definition) is 1. The second kappa shape index (κ2) is 4.60. The van der Waals surface area contributed by atoms with E-state index in [0.717, 1.165) is 18.2 Å². The molecule has 3 heteroatoms. The average Bonchev–Trinajstić information content (AvgIpc) is 2.70. The molecule has 1 aliphatic carbocycles. The van der Waals surface area contributed by atoms with E-state index >= 15 is 0 Å². The Morgan fingerprint density at radius 1 is 1.43 bits per heavy atom. The molecule has 2 rings (SSSR count). The van der Waals surface area contributed by atoms with Crippen molar-refractivity contribution in [1.82, 2.24) is 10.5 Å². The lowest BCUT2D eigenvalue weighted by molar-refractivity contribution is 0.303. The smallest absolute Gasteiger partial charge is 0.124 e. The van der Waals surface area contributed by atoms with E-state index in [2.05, 4.69) is 17.4 Å². The molecule has 1 saturated carbocycles. The van der Waals surface area contributed by atoms with E-state index in [4.69, 9.17) is 4.52 Å². The third-order valence-electron chi connectivity index (χ3n) is 3.08. The van der Waals surface area contributed by atoms with Gasteiger partial charge in [0.2, 0.25) is 0 Å². The molecule has 14 heavy (non-hydrogen) atoms. The van der Waals surface area contributed by atoms with Crippen LogP contribution in [0.15, 0.2) is 16.9 Å². The zero-order valence-electron chi connectivity index (χ0n) is 8.70. The van der Waals surface area contributed by atoms with Crippen molar-refractivity contribution in [2.45, 2.75) is 45.2 Å². The highest BCUT2D eigenvalue weighted by Gasteiger charge is 2.17. The summed E-state index contributed by atoms with van der Waals surface area (Å²) in [6.45, 7) is 3.18. The molecule has 0 amide bonds. The third-order valence-corrected chi connectivity index (χ3v) is 3.08. The van der Waals surface area contributed by atoms with Gasteiger partial charge in [0.1, 0.15) is 6.26 Å². The lowest BCUT2D eigenvalue weighted by atomic mass is 9.87. The summed E-state index contributed by atoms with van der Waals surface area (Å²) in [5.41, 5.74) is 1.00. The Morgan fingerprint density at radius 2 is 2.21 bits per heavy atom. The standard InChI is InChI=1S/C11H18N2O/c1-9-2-4-10(5-3-9)12-8-11-6-7-14-13-11/h6-7,9-10,12H,2-5,8H2,1H3. The summed E-state index contributed by atoms with van der Waals surface area (Å²) in [5.74, 6) is 0.917. The largest absolute Gasteiger partial charge is 0.364 e. The van der Waals surface area contributed by atoms with Gasteiger partial charge in [0.25, 0.3) is 0 Å². The van der Waals surface area contributed by atoms with Gasteiger partial charge >= 0.3 is 0 Å². The SMILES string of the molecule is CC1CCC(NCc2ccon2)CC1. The minimum absolute atomic E-state index is 0.683. The number of aromatic nitrogens is 1. The van der Waals surface area contributed by atoms with Crippen molar-refractivity contribution in [3.63, 3.8) is 0 Å². The molecule has 0 unspecified atom stereocenters. The molecule has 0 spiro atoms. The first kappa shape index (κ1) is 9.71. The minimum Gasteiger partial charge on any atom is -0.364 e. The lowest BCUT2D eigenvalue weighted by Crippen LogP contribution is -2.32. The second-order valence-corrected chi connectivity index (χ2v) is 4.33. The van der Waals surface area contributed by atoms with Crippen LogP contribution in [0.4, 0.5) is 0 Å². The molecule has 78 valence electrons. The Kier molecular flexibility index (Phi) is 3.19. The van der Waals surface area contributed by atoms with E-state index < -0.39 is 0 Å². The van der Waals surface area contributed by atoms with Crippen LogP contribution in [-0.2, 0) is 6.54 Å². The summed E-state index contributed by atoms with van der Waals surface area (Å²) in [6, 6.07) is 2.60. The number of hydrogen-bond acceptors (Lipinski definition) is 3. The van der Waals surface area contributed by atoms with E-state index in [1.54, 1.807) is 6.26 Å². The monoisotopic (exact) mass is 194 g/mol. The molecule has 3 nitrogen and oxygen atoms in total. The van der Waals surface area contributed by atoms with Crippen LogP contribution in [0.25, 0.3) is 0 Å². The Bertz CT molecular complexity index is 250. The highest BCUT2D eigenvalue weighted by Crippen LogP contribution is 2.23. The molecule has 0 bridgehead atoms. The van der Waals surface area contributed by atoms with Crippen molar-refractivity contribution in [1.29, 1.82) is 0 Å². The van der Waals surface area contributed by atoms with E-state index in [0.29, 0.717) is 6.04 Å². The van der Waals surface area contributed by atoms with Gasteiger partial charge in [0, 0.05) is 18.7 Å². The van der Waals surface area contributed by atoms with Gasteiger partial charge in [-0.05, 0) is 31.6 Å². The molecule has 1 heterocycles. The number of nitrogens with zero attached hydrogens (tertiary/aromatic N) is 1. The lowest BCUT2D eigenvalue weighted by Gasteiger charge is -2.26. The molecular weight excluding hydrogens is 176 g/mol. The molecule has 1 aromatic heterocycles. The summed E-state index contributed by atoms with van der Waals surface area (Å²) >= 11 is 0. The van der Waals surface area contributed by atoms with Gasteiger partial charge < -0.3 is 9.84 Å². The van der Waals surface area contributed by atoms with Crippen LogP contribution >= 0.6 is 0 Å². The fourth-order valence-electron chi connectivity index (χ4n) is 2.04. The first-order chi connectivity index (χ1) is 6.84. The molecule has 0 aromatic carbocycles. The van der Waals surface area contributed by atoms with Gasteiger partial charge in [0.15, 0.2) is 0 Å². The van der Waals surface area contributed by atoms with E-state index in [9.17, 15) is 0 Å². The summed E-state index contributed by atoms with van der Waals surface area (Å²) in [4.78, 5) is 0. The highest BCUT2D eigenvalue weighted by molar-refractivity contribution is 4.95. The fraction of sp³-hybridized carbons (Fsp3) is 0.727. The van der Waals surface area contributed by atoms with Gasteiger partial charge in [-0.15, -0.1) is 0 Å². The van der Waals surface area contributed by atoms with Crippen molar-refractivity contribution in [2.24, 2.45) is 5.92 Å². The van der Waals surface area contributed by atoms with Crippen LogP contribution in [0.5, 0.6) is 0 Å². The van der Waals surface area contributed by atoms with Gasteiger partial charge in [-0.2, -0.15) is 0 Å². The van der Waals surface area contributed by atoms with Gasteiger partial charge in [-0.25, -0.2) is 0 Å². The quantitative estimate of drug-likeness (QED) is 0.802. The third kappa shape index (κ3) is 2.58. The first-order valence-corrected chi connectivity index (χ1v) is 5.47. The second-order valence-electron chi connectivity index (χ2n) is 4.33. The van der Waals surface area contributed by atoms with Crippen molar-refractivity contribution in [2.75, 3.05) is 0 Å². The number of nitrogens with one attached hydrogen (secondary N) is 1. The first-order valence-electron chi connectivity index (χ1n) is 5.47. The highest BCUT2D eigenvalue weighted by atomic mass is 16.5. The molecule has 0 atom stereocenters. The predicted octanol–water partition coefficient (Wildman–Crippen LogP) is 2.34. The Balaban J connectivity index is 1.71. The van der Waals surface area contributed by atoms with E-state index in [1.807, 2.05) is 6.07 Å². The normalized spacial score (nSPS) is 27.8. The molecule has 1 aliphatic rings. The maximum absolute atomic E-state index is 4.78. The van der Waals surface area contributed by atoms with Crippen LogP contribution in [0, 0.1) is 5.92 Å². The van der Waals surface area contributed by atoms with Crippen LogP contribution < -0.4 is 5.32 Å². The molecule has 1 N–H and O–H groups in total. The fourth-order valence-corrected chi connectivity index (χ4v) is 2.04. The topological polar surface area (TPSA) is 38.1 Å². The summed E-state index contributed by atoms with van der Waals surface area (Å²) < 4.78 is 4.78. The maximum Gasteiger partial charge on any atom is 0.124 e. The predicted molar refractivity (Wildman–Crippen MR) is 54.8 cm³/mol. The van der Waals surface area contributed by atoms with E-state index in [1.165, 1.54) is 25.7 Å². The van der Waals surface area contributed by atoms with Gasteiger partial charge in [0.05, 0.1) is 5.69 Å². The number of rotatable bonds is 3. The zero-order chi connectivity index (χ0) is 9.80. The van der Waals surface area contributed by atoms with Crippen LogP contribution in [0.3, 0.4) is 0 Å². The van der Waals surface area contributed by atoms with Crippen LogP contribution in [-0.4, -0.2) is 11.2 Å². The molecular formula is C11H18N2O.